The molecule has 0 radical (unpaired) electrons. The summed E-state index contributed by atoms with van der Waals surface area (Å²) in [6.45, 7) is -0.840. The molecule has 0 bridgehead atoms. The molecule has 0 unspecified atom stereocenters. The summed E-state index contributed by atoms with van der Waals surface area (Å²) in [6, 6.07) is 10.2. The number of sulfone groups is 1. The van der Waals surface area contributed by atoms with E-state index < -0.39 is 53.4 Å². The Morgan fingerprint density at radius 3 is 2.09 bits per heavy atom. The summed E-state index contributed by atoms with van der Waals surface area (Å²) < 4.78 is 97.2. The number of hydrogen-bond donors (Lipinski definition) is 3. The fraction of sp³-hybridized carbons (Fsp3) is 0.158. The number of nitrogens with zero attached hydrogens (tertiary/aromatic N) is 2. The van der Waals surface area contributed by atoms with Crippen LogP contribution in [0.15, 0.2) is 68.6 Å². The van der Waals surface area contributed by atoms with Crippen molar-refractivity contribution in [3.8, 4) is 11.5 Å². The molecule has 0 aromatic heterocycles. The lowest BCUT2D eigenvalue weighted by Crippen LogP contribution is -2.15. The molecule has 0 atom stereocenters. The lowest BCUT2D eigenvalue weighted by Gasteiger charge is -2.09. The van der Waals surface area contributed by atoms with E-state index in [1.54, 1.807) is 0 Å². The van der Waals surface area contributed by atoms with Crippen molar-refractivity contribution < 1.29 is 48.4 Å². The van der Waals surface area contributed by atoms with Gasteiger partial charge in [0, 0.05) is 10.8 Å². The Bertz CT molecular complexity index is 1630. The molecule has 35 heavy (non-hydrogen) atoms. The highest BCUT2D eigenvalue weighted by Gasteiger charge is 2.21. The minimum atomic E-state index is -4.82. The predicted molar refractivity (Wildman–Crippen MR) is 122 cm³/mol. The molecule has 13 nitrogen and oxygen atoms in total. The van der Waals surface area contributed by atoms with Gasteiger partial charge in [-0.25, -0.2) is 12.6 Å². The third-order valence-electron chi connectivity index (χ3n) is 4.60. The van der Waals surface area contributed by atoms with E-state index in [-0.39, 0.29) is 32.8 Å². The van der Waals surface area contributed by atoms with Gasteiger partial charge in [-0.15, -0.1) is 10.2 Å². The number of methoxy groups -OCH3 is 1. The lowest BCUT2D eigenvalue weighted by molar-refractivity contribution is 0.284. The van der Waals surface area contributed by atoms with Gasteiger partial charge in [0.1, 0.15) is 22.0 Å². The fourth-order valence-corrected chi connectivity index (χ4v) is 5.24. The minimum absolute atomic E-state index is 0.0456. The van der Waals surface area contributed by atoms with Crippen molar-refractivity contribution in [2.45, 2.75) is 9.79 Å². The van der Waals surface area contributed by atoms with E-state index in [0.717, 1.165) is 18.2 Å². The number of phenolic OH excluding ortho intramolecular Hbond substituents is 1. The molecule has 16 heteroatoms. The molecule has 3 aromatic rings. The molecular formula is C19H18N2O11S3. The van der Waals surface area contributed by atoms with Crippen LogP contribution < -0.4 is 4.74 Å². The van der Waals surface area contributed by atoms with Crippen LogP contribution >= 0.6 is 0 Å². The topological polar surface area (TPSA) is 206 Å². The largest absolute Gasteiger partial charge is 0.505 e. The molecule has 3 rings (SSSR count). The normalized spacial score (nSPS) is 12.9. The number of hydrogen-bond acceptors (Lipinski definition) is 11. The molecule has 0 aliphatic carbocycles. The van der Waals surface area contributed by atoms with Crippen molar-refractivity contribution >= 4 is 52.5 Å². The number of rotatable bonds is 9. The zero-order valence-corrected chi connectivity index (χ0v) is 20.2. The highest BCUT2D eigenvalue weighted by Crippen LogP contribution is 2.40. The number of fused-ring (bicyclic) bond motifs is 1. The van der Waals surface area contributed by atoms with Gasteiger partial charge in [0.05, 0.1) is 24.4 Å². The van der Waals surface area contributed by atoms with Crippen LogP contribution in [0.5, 0.6) is 11.5 Å². The highest BCUT2D eigenvalue weighted by molar-refractivity contribution is 7.91. The second kappa shape index (κ2) is 9.84. The van der Waals surface area contributed by atoms with E-state index >= 15 is 0 Å². The van der Waals surface area contributed by atoms with Gasteiger partial charge in [0.25, 0.3) is 10.1 Å². The molecule has 0 aliphatic heterocycles. The molecule has 3 N–H and O–H groups in total. The summed E-state index contributed by atoms with van der Waals surface area (Å²) in [5.41, 5.74) is -0.474. The zero-order chi connectivity index (χ0) is 26.0. The quantitative estimate of drug-likeness (QED) is 0.263. The lowest BCUT2D eigenvalue weighted by atomic mass is 10.1. The van der Waals surface area contributed by atoms with Crippen LogP contribution in [-0.2, 0) is 34.5 Å². The maximum Gasteiger partial charge on any atom is 0.397 e. The summed E-state index contributed by atoms with van der Waals surface area (Å²) in [6.07, 6.45) is 0. The van der Waals surface area contributed by atoms with Crippen LogP contribution in [0.2, 0.25) is 0 Å². The number of ether oxygens (including phenoxy) is 1. The number of azo groups is 1. The van der Waals surface area contributed by atoms with Gasteiger partial charge in [0.2, 0.25) is 0 Å². The molecule has 0 amide bonds. The average Bonchev–Trinajstić information content (AvgIpc) is 2.76. The third-order valence-corrected chi connectivity index (χ3v) is 7.63. The summed E-state index contributed by atoms with van der Waals surface area (Å²) in [5.74, 6) is -1.17. The molecular weight excluding hydrogens is 528 g/mol. The maximum atomic E-state index is 12.5. The Kier molecular flexibility index (Phi) is 7.44. The standard InChI is InChI=1S/C19H18N2O11S3/c1-31-17-7-6-12(33(23,24)9-8-32-35(28,29)30)10-15(17)20-21-16-11-18(34(25,26)27)13-4-2-3-5-14(13)19(16)22/h2-7,10-11,22H,8-9H2,1H3,(H,25,26,27)(H,28,29,30). The van der Waals surface area contributed by atoms with Crippen molar-refractivity contribution in [3.63, 3.8) is 0 Å². The Hall–Kier alpha value is -3.15. The van der Waals surface area contributed by atoms with Crippen molar-refractivity contribution in [2.24, 2.45) is 10.2 Å². The first-order chi connectivity index (χ1) is 16.2. The molecule has 0 aliphatic rings. The molecule has 0 saturated heterocycles. The van der Waals surface area contributed by atoms with Crippen LogP contribution in [-0.4, -0.2) is 58.9 Å². The van der Waals surface area contributed by atoms with E-state index in [0.29, 0.717) is 0 Å². The molecule has 0 heterocycles. The molecule has 3 aromatic carbocycles. The third kappa shape index (κ3) is 6.30. The second-order valence-corrected chi connectivity index (χ2v) is 11.5. The van der Waals surface area contributed by atoms with E-state index in [9.17, 15) is 34.9 Å². The van der Waals surface area contributed by atoms with Crippen LogP contribution in [0.4, 0.5) is 11.4 Å². The Balaban J connectivity index is 2.05. The zero-order valence-electron chi connectivity index (χ0n) is 17.8. The first kappa shape index (κ1) is 26.5. The maximum absolute atomic E-state index is 12.5. The number of benzene rings is 3. The fourth-order valence-electron chi connectivity index (χ4n) is 3.02. The SMILES string of the molecule is COc1ccc(S(=O)(=O)CCOS(=O)(=O)O)cc1N=Nc1cc(S(=O)(=O)O)c2ccccc2c1O. The van der Waals surface area contributed by atoms with Crippen LogP contribution in [0.25, 0.3) is 10.8 Å². The van der Waals surface area contributed by atoms with E-state index in [2.05, 4.69) is 14.4 Å². The highest BCUT2D eigenvalue weighted by atomic mass is 32.3. The van der Waals surface area contributed by atoms with Gasteiger partial charge in [-0.2, -0.15) is 16.8 Å². The van der Waals surface area contributed by atoms with E-state index in [1.165, 1.54) is 37.4 Å². The Morgan fingerprint density at radius 2 is 1.49 bits per heavy atom. The smallest absolute Gasteiger partial charge is 0.397 e. The minimum Gasteiger partial charge on any atom is -0.505 e. The van der Waals surface area contributed by atoms with Crippen molar-refractivity contribution in [2.75, 3.05) is 19.5 Å². The Morgan fingerprint density at radius 1 is 0.857 bits per heavy atom. The van der Waals surface area contributed by atoms with Gasteiger partial charge < -0.3 is 9.84 Å². The van der Waals surface area contributed by atoms with Crippen LogP contribution in [0.3, 0.4) is 0 Å². The summed E-state index contributed by atoms with van der Waals surface area (Å²) >= 11 is 0. The van der Waals surface area contributed by atoms with Crippen molar-refractivity contribution in [1.29, 1.82) is 0 Å². The summed E-state index contributed by atoms with van der Waals surface area (Å²) in [7, 11) is -12.3. The monoisotopic (exact) mass is 546 g/mol. The molecule has 0 spiro atoms. The number of phenols is 1. The molecule has 188 valence electrons. The van der Waals surface area contributed by atoms with E-state index in [4.69, 9.17) is 9.29 Å². The van der Waals surface area contributed by atoms with Gasteiger partial charge in [-0.1, -0.05) is 24.3 Å². The predicted octanol–water partition coefficient (Wildman–Crippen LogP) is 2.81. The molecule has 0 fully saturated rings. The first-order valence-electron chi connectivity index (χ1n) is 9.39. The van der Waals surface area contributed by atoms with Gasteiger partial charge in [0.15, 0.2) is 15.6 Å². The Labute approximate surface area is 200 Å². The number of aromatic hydroxyl groups is 1. The second-order valence-electron chi connectivity index (χ2n) is 6.87. The summed E-state index contributed by atoms with van der Waals surface area (Å²) in [5, 5.41) is 18.3. The average molecular weight is 547 g/mol. The van der Waals surface area contributed by atoms with E-state index in [1.807, 2.05) is 0 Å². The first-order valence-corrected chi connectivity index (χ1v) is 13.9. The van der Waals surface area contributed by atoms with Crippen LogP contribution in [0.1, 0.15) is 0 Å². The summed E-state index contributed by atoms with van der Waals surface area (Å²) in [4.78, 5) is -0.838. The molecule has 0 saturated carbocycles. The van der Waals surface area contributed by atoms with Crippen molar-refractivity contribution in [1.82, 2.24) is 0 Å². The van der Waals surface area contributed by atoms with Gasteiger partial charge in [-0.05, 0) is 24.3 Å². The van der Waals surface area contributed by atoms with Crippen LogP contribution in [0, 0.1) is 0 Å². The van der Waals surface area contributed by atoms with Gasteiger partial charge >= 0.3 is 10.4 Å². The van der Waals surface area contributed by atoms with Crippen molar-refractivity contribution in [3.05, 3.63) is 48.5 Å². The van der Waals surface area contributed by atoms with Gasteiger partial charge in [-0.3, -0.25) is 9.11 Å².